The Morgan fingerprint density at radius 2 is 1.38 bits per heavy atom. The van der Waals surface area contributed by atoms with Crippen molar-refractivity contribution in [1.82, 2.24) is 19.5 Å². The summed E-state index contributed by atoms with van der Waals surface area (Å²) in [5, 5.41) is 3.42. The number of hydrogen-bond acceptors (Lipinski definition) is 4. The van der Waals surface area contributed by atoms with Crippen LogP contribution in [0.4, 0.5) is 0 Å². The van der Waals surface area contributed by atoms with Gasteiger partial charge in [0.05, 0.1) is 25.0 Å². The number of aromatic nitrogens is 4. The minimum Gasteiger partial charge on any atom is -0.501 e. The first kappa shape index (κ1) is 41.3. The monoisotopic (exact) mass is 982 g/mol. The fraction of sp³-hybridized carbons (Fsp3) is 0.226. The Bertz CT molecular complexity index is 2930. The predicted octanol–water partition coefficient (Wildman–Crippen LogP) is 13.9. The van der Waals surface area contributed by atoms with Crippen LogP contribution in [-0.4, -0.2) is 27.6 Å². The summed E-state index contributed by atoms with van der Waals surface area (Å²) >= 11 is 0. The maximum absolute atomic E-state index is 8.44. The van der Waals surface area contributed by atoms with E-state index in [-0.39, 0.29) is 31.9 Å². The molecule has 0 aliphatic heterocycles. The van der Waals surface area contributed by atoms with Gasteiger partial charge in [-0.15, -0.1) is 54.1 Å². The molecule has 5 nitrogen and oxygen atoms in total. The predicted molar refractivity (Wildman–Crippen MR) is 250 cm³/mol. The molecule has 4 heterocycles. The summed E-state index contributed by atoms with van der Waals surface area (Å²) in [6.07, 6.45) is 3.83. The number of nitrogens with zero attached hydrogens (tertiary/aromatic N) is 4. The smallest absolute Gasteiger partial charge is 0.155 e. The van der Waals surface area contributed by atoms with Gasteiger partial charge < -0.3 is 14.0 Å². The molecule has 0 atom stereocenters. The van der Waals surface area contributed by atoms with E-state index in [9.17, 15) is 0 Å². The van der Waals surface area contributed by atoms with Crippen molar-refractivity contribution in [3.8, 4) is 39.5 Å². The average Bonchev–Trinajstić information content (AvgIpc) is 3.82. The molecule has 0 aliphatic rings. The van der Waals surface area contributed by atoms with Crippen molar-refractivity contribution >= 4 is 46.4 Å². The molecule has 0 saturated heterocycles. The molecule has 0 amide bonds. The van der Waals surface area contributed by atoms with Crippen molar-refractivity contribution < 1.29 is 25.9 Å². The van der Waals surface area contributed by atoms with Gasteiger partial charge in [0.15, 0.2) is 5.65 Å². The van der Waals surface area contributed by atoms with Gasteiger partial charge in [0.2, 0.25) is 0 Å². The number of fused-ring (bicyclic) bond motifs is 4. The molecule has 0 N–H and O–H groups in total. The van der Waals surface area contributed by atoms with Gasteiger partial charge in [-0.05, 0) is 81.2 Å². The van der Waals surface area contributed by atoms with Gasteiger partial charge in [-0.25, -0.2) is 4.98 Å². The quantitative estimate of drug-likeness (QED) is 0.112. The molecule has 9 rings (SSSR count). The Balaban J connectivity index is 0.000000226. The summed E-state index contributed by atoms with van der Waals surface area (Å²) in [6, 6.07) is 48.1. The second kappa shape index (κ2) is 17.6. The van der Waals surface area contributed by atoms with Gasteiger partial charge in [-0.3, -0.25) is 4.98 Å². The van der Waals surface area contributed by atoms with Gasteiger partial charge in [-0.2, -0.15) is 0 Å². The number of furan rings is 1. The van der Waals surface area contributed by atoms with Gasteiger partial charge in [-0.1, -0.05) is 132 Å². The van der Waals surface area contributed by atoms with E-state index in [1.807, 2.05) is 86.9 Å². The van der Waals surface area contributed by atoms with Crippen molar-refractivity contribution in [1.29, 1.82) is 0 Å². The first-order valence-corrected chi connectivity index (χ1v) is 24.1. The number of hydrogen-bond donors (Lipinski definition) is 0. The summed E-state index contributed by atoms with van der Waals surface area (Å²) in [5.41, 5.74) is 13.2. The van der Waals surface area contributed by atoms with Crippen LogP contribution in [-0.2, 0) is 20.1 Å². The number of rotatable bonds is 8. The van der Waals surface area contributed by atoms with Gasteiger partial charge >= 0.3 is 0 Å². The van der Waals surface area contributed by atoms with Crippen LogP contribution in [0.2, 0.25) is 19.6 Å². The summed E-state index contributed by atoms with van der Waals surface area (Å²) < 4.78 is 17.1. The molecular formula is C53H52IrN4OSi-2. The number of benzene rings is 5. The van der Waals surface area contributed by atoms with E-state index < -0.39 is 14.0 Å². The maximum Gasteiger partial charge on any atom is 0.155 e. The Labute approximate surface area is 370 Å². The SMILES string of the molecule is CC(C)c1cc(-c2ccccc2)cc(C(C)C)c1-n1c(-c2[c-]ccc3c2oc2ccccc23)nc2cccnc21.[2H]C(C)(C)c1cc(-c2[c-]cccc2)ncc1[Si](C)(C)C.[Ir]. The summed E-state index contributed by atoms with van der Waals surface area (Å²) in [6.45, 7) is 19.8. The van der Waals surface area contributed by atoms with Crippen LogP contribution in [0.15, 0.2) is 138 Å². The summed E-state index contributed by atoms with van der Waals surface area (Å²) in [5.74, 6) is 0.726. The van der Waals surface area contributed by atoms with E-state index in [0.29, 0.717) is 0 Å². The molecule has 0 fully saturated rings. The van der Waals surface area contributed by atoms with E-state index in [2.05, 4.69) is 130 Å². The first-order valence-electron chi connectivity index (χ1n) is 21.1. The Kier molecular flexibility index (Phi) is 12.1. The largest absolute Gasteiger partial charge is 0.501 e. The molecule has 7 heteroatoms. The van der Waals surface area contributed by atoms with E-state index in [1.54, 1.807) is 0 Å². The van der Waals surface area contributed by atoms with Crippen molar-refractivity contribution in [3.63, 3.8) is 0 Å². The van der Waals surface area contributed by atoms with Crippen LogP contribution in [0.5, 0.6) is 0 Å². The molecule has 0 unspecified atom stereocenters. The van der Waals surface area contributed by atoms with E-state index in [4.69, 9.17) is 15.8 Å². The van der Waals surface area contributed by atoms with E-state index in [1.165, 1.54) is 27.4 Å². The Morgan fingerprint density at radius 1 is 0.683 bits per heavy atom. The average molecular weight is 982 g/mol. The molecule has 5 aromatic carbocycles. The van der Waals surface area contributed by atoms with Crippen molar-refractivity contribution in [2.24, 2.45) is 0 Å². The molecule has 4 aromatic heterocycles. The standard InChI is InChI=1S/C36H30N3O.C17H22NSi.Ir/c1-22(2)29-20-25(24-12-6-5-7-13-24)21-30(23(3)4)33(29)39-35(38-31-17-11-19-37-36(31)39)28-16-10-15-27-26-14-8-9-18-32(26)40-34(27)28;1-13(2)15-11-16(14-9-7-6-8-10-14)18-12-17(15)19(3,4)5;/h5-15,17-23H,1-4H3;6-9,11-13H,1-5H3;/q2*-1;/i;13D;. The summed E-state index contributed by atoms with van der Waals surface area (Å²) in [7, 11) is -1.50. The molecule has 9 aromatic rings. The molecule has 0 spiro atoms. The summed E-state index contributed by atoms with van der Waals surface area (Å²) in [4.78, 5) is 14.6. The Hall–Kier alpha value is -5.46. The van der Waals surface area contributed by atoms with Crippen LogP contribution in [0.3, 0.4) is 0 Å². The third-order valence-corrected chi connectivity index (χ3v) is 13.0. The third-order valence-electron chi connectivity index (χ3n) is 11.0. The van der Waals surface area contributed by atoms with E-state index in [0.717, 1.165) is 67.0 Å². The zero-order valence-corrected chi connectivity index (χ0v) is 39.3. The second-order valence-electron chi connectivity index (χ2n) is 17.1. The Morgan fingerprint density at radius 3 is 2.05 bits per heavy atom. The number of para-hydroxylation sites is 1. The minimum absolute atomic E-state index is 0. The van der Waals surface area contributed by atoms with Gasteiger partial charge in [0.1, 0.15) is 5.58 Å². The number of imidazole rings is 1. The van der Waals surface area contributed by atoms with Crippen LogP contribution in [0, 0.1) is 12.1 Å². The van der Waals surface area contributed by atoms with Gasteiger partial charge in [0, 0.05) is 44.9 Å². The molecule has 0 saturated carbocycles. The van der Waals surface area contributed by atoms with Crippen LogP contribution in [0.1, 0.15) is 77.3 Å². The zero-order chi connectivity index (χ0) is 42.3. The van der Waals surface area contributed by atoms with Crippen molar-refractivity contribution in [3.05, 3.63) is 163 Å². The van der Waals surface area contributed by atoms with E-state index >= 15 is 0 Å². The van der Waals surface area contributed by atoms with Crippen LogP contribution >= 0.6 is 0 Å². The van der Waals surface area contributed by atoms with Crippen molar-refractivity contribution in [2.45, 2.75) is 78.9 Å². The molecule has 0 aliphatic carbocycles. The molecule has 60 heavy (non-hydrogen) atoms. The van der Waals surface area contributed by atoms with Crippen molar-refractivity contribution in [2.75, 3.05) is 0 Å². The third kappa shape index (κ3) is 8.32. The molecule has 0 bridgehead atoms. The normalized spacial score (nSPS) is 12.2. The number of pyridine rings is 2. The molecule has 305 valence electrons. The topological polar surface area (TPSA) is 56.7 Å². The fourth-order valence-corrected chi connectivity index (χ4v) is 9.51. The fourth-order valence-electron chi connectivity index (χ4n) is 7.93. The molecular weight excluding hydrogens is 929 g/mol. The van der Waals surface area contributed by atoms with Crippen LogP contribution in [0.25, 0.3) is 72.6 Å². The second-order valence-corrected chi connectivity index (χ2v) is 22.2. The first-order chi connectivity index (χ1) is 28.7. The minimum atomic E-state index is -1.50. The zero-order valence-electron chi connectivity index (χ0n) is 36.9. The maximum atomic E-state index is 8.44. The van der Waals surface area contributed by atoms with Crippen LogP contribution < -0.4 is 5.19 Å². The molecule has 1 radical (unpaired) electrons. The van der Waals surface area contributed by atoms with Gasteiger partial charge in [0.25, 0.3) is 0 Å².